The lowest BCUT2D eigenvalue weighted by atomic mass is 10.0. The van der Waals surface area contributed by atoms with Crippen molar-refractivity contribution in [2.75, 3.05) is 11.9 Å². The molecule has 0 saturated heterocycles. The molecule has 8 heteroatoms. The van der Waals surface area contributed by atoms with E-state index in [9.17, 15) is 9.59 Å². The van der Waals surface area contributed by atoms with Crippen LogP contribution in [0.3, 0.4) is 0 Å². The number of allylic oxidation sites excluding steroid dienone is 1. The van der Waals surface area contributed by atoms with E-state index in [1.165, 1.54) is 6.07 Å². The molecule has 4 aromatic rings. The molecule has 1 aromatic heterocycles. The van der Waals surface area contributed by atoms with Gasteiger partial charge in [0, 0.05) is 15.4 Å². The number of carbonyl (C=O) groups is 2. The van der Waals surface area contributed by atoms with Crippen molar-refractivity contribution in [1.82, 2.24) is 4.98 Å². The second kappa shape index (κ2) is 10.3. The first-order chi connectivity index (χ1) is 17.4. The average Bonchev–Trinajstić information content (AvgIpc) is 3.26. The number of fused-ring (bicyclic) bond motifs is 2. The van der Waals surface area contributed by atoms with E-state index >= 15 is 0 Å². The fraction of sp³-hybridized carbons (Fsp3) is 0.107. The molecule has 1 heterocycles. The number of ether oxygens (including phenoxy) is 1. The lowest BCUT2D eigenvalue weighted by molar-refractivity contribution is -0.119. The number of benzene rings is 3. The third-order valence-corrected chi connectivity index (χ3v) is 6.70. The first-order valence-electron chi connectivity index (χ1n) is 11.2. The van der Waals surface area contributed by atoms with Gasteiger partial charge in [-0.25, -0.2) is 9.78 Å². The standard InChI is InChI=1S/C28H19Cl3N2O3/c29-18-8-5-16(6-9-18)13-17-7-11-21-26(20-3-1-2-4-23(20)33-27(17)21)28(35)36-15-25(34)32-24-12-10-19(30)14-22(24)31/h1-6,8-10,12-14H,7,11,15H2,(H,32,34). The van der Waals surface area contributed by atoms with Crippen LogP contribution in [-0.2, 0) is 16.0 Å². The smallest absolute Gasteiger partial charge is 0.339 e. The molecule has 0 unspecified atom stereocenters. The van der Waals surface area contributed by atoms with Gasteiger partial charge in [0.25, 0.3) is 5.91 Å². The minimum absolute atomic E-state index is 0.292. The number of hydrogen-bond acceptors (Lipinski definition) is 4. The van der Waals surface area contributed by atoms with E-state index in [-0.39, 0.29) is 0 Å². The van der Waals surface area contributed by atoms with Gasteiger partial charge in [-0.15, -0.1) is 0 Å². The maximum absolute atomic E-state index is 13.3. The van der Waals surface area contributed by atoms with Gasteiger partial charge in [0.05, 0.1) is 27.5 Å². The Morgan fingerprint density at radius 2 is 1.69 bits per heavy atom. The average molecular weight is 538 g/mol. The fourth-order valence-corrected chi connectivity index (χ4v) is 4.83. The molecule has 1 amide bonds. The molecule has 0 radical (unpaired) electrons. The van der Waals surface area contributed by atoms with Crippen molar-refractivity contribution >= 4 is 74.9 Å². The zero-order valence-corrected chi connectivity index (χ0v) is 21.1. The molecule has 0 aliphatic heterocycles. The lowest BCUT2D eigenvalue weighted by Gasteiger charge is -2.13. The van der Waals surface area contributed by atoms with E-state index in [4.69, 9.17) is 44.5 Å². The van der Waals surface area contributed by atoms with E-state index < -0.39 is 18.5 Å². The molecule has 0 saturated carbocycles. The maximum atomic E-state index is 13.3. The molecule has 0 spiro atoms. The maximum Gasteiger partial charge on any atom is 0.339 e. The summed E-state index contributed by atoms with van der Waals surface area (Å²) >= 11 is 18.0. The van der Waals surface area contributed by atoms with E-state index in [0.29, 0.717) is 43.6 Å². The summed E-state index contributed by atoms with van der Waals surface area (Å²) in [6.45, 7) is -0.462. The summed E-state index contributed by atoms with van der Waals surface area (Å²) in [5.74, 6) is -1.08. The van der Waals surface area contributed by atoms with Crippen LogP contribution < -0.4 is 5.32 Å². The zero-order valence-electron chi connectivity index (χ0n) is 18.9. The number of carbonyl (C=O) groups excluding carboxylic acids is 2. The molecule has 0 atom stereocenters. The topological polar surface area (TPSA) is 68.3 Å². The predicted octanol–water partition coefficient (Wildman–Crippen LogP) is 7.48. The zero-order chi connectivity index (χ0) is 25.2. The number of aromatic nitrogens is 1. The molecular weight excluding hydrogens is 519 g/mol. The molecule has 1 N–H and O–H groups in total. The summed E-state index contributed by atoms with van der Waals surface area (Å²) in [5.41, 5.74) is 5.13. The number of esters is 1. The van der Waals surface area contributed by atoms with Gasteiger partial charge in [0.1, 0.15) is 0 Å². The Morgan fingerprint density at radius 1 is 0.944 bits per heavy atom. The minimum atomic E-state index is -0.574. The van der Waals surface area contributed by atoms with Gasteiger partial charge >= 0.3 is 5.97 Å². The summed E-state index contributed by atoms with van der Waals surface area (Å²) in [6.07, 6.45) is 3.43. The van der Waals surface area contributed by atoms with Crippen molar-refractivity contribution in [2.24, 2.45) is 0 Å². The van der Waals surface area contributed by atoms with Crippen molar-refractivity contribution in [1.29, 1.82) is 0 Å². The van der Waals surface area contributed by atoms with Crippen LogP contribution in [0.25, 0.3) is 22.6 Å². The Kier molecular flexibility index (Phi) is 6.97. The van der Waals surface area contributed by atoms with Crippen molar-refractivity contribution in [3.63, 3.8) is 0 Å². The molecule has 36 heavy (non-hydrogen) atoms. The van der Waals surface area contributed by atoms with Crippen molar-refractivity contribution in [2.45, 2.75) is 12.8 Å². The summed E-state index contributed by atoms with van der Waals surface area (Å²) < 4.78 is 5.44. The van der Waals surface area contributed by atoms with Gasteiger partial charge in [-0.05, 0) is 72.0 Å². The predicted molar refractivity (Wildman–Crippen MR) is 145 cm³/mol. The first-order valence-corrected chi connectivity index (χ1v) is 12.3. The molecular formula is C28H19Cl3N2O3. The van der Waals surface area contributed by atoms with Crippen LogP contribution >= 0.6 is 34.8 Å². The van der Waals surface area contributed by atoms with Crippen LogP contribution in [0.15, 0.2) is 66.7 Å². The molecule has 5 nitrogen and oxygen atoms in total. The van der Waals surface area contributed by atoms with Crippen LogP contribution in [0.1, 0.15) is 33.6 Å². The number of pyridine rings is 1. The summed E-state index contributed by atoms with van der Waals surface area (Å²) in [7, 11) is 0. The summed E-state index contributed by atoms with van der Waals surface area (Å²) in [6, 6.07) is 19.7. The van der Waals surface area contributed by atoms with E-state index in [1.807, 2.05) is 48.5 Å². The number of rotatable bonds is 5. The molecule has 3 aromatic carbocycles. The summed E-state index contributed by atoms with van der Waals surface area (Å²) in [5, 5.41) is 4.73. The highest BCUT2D eigenvalue weighted by molar-refractivity contribution is 6.36. The van der Waals surface area contributed by atoms with E-state index in [1.54, 1.807) is 12.1 Å². The normalized spacial score (nSPS) is 13.6. The Labute approximate surface area is 222 Å². The SMILES string of the molecule is O=C(COC(=O)c1c2c(nc3ccccc13)C(=Cc1ccc(Cl)cc1)CC2)Nc1ccc(Cl)cc1Cl. The highest BCUT2D eigenvalue weighted by atomic mass is 35.5. The monoisotopic (exact) mass is 536 g/mol. The fourth-order valence-electron chi connectivity index (χ4n) is 4.25. The highest BCUT2D eigenvalue weighted by Gasteiger charge is 2.28. The number of nitrogens with zero attached hydrogens (tertiary/aromatic N) is 1. The third-order valence-electron chi connectivity index (χ3n) is 5.90. The second-order valence-corrected chi connectivity index (χ2v) is 9.58. The number of halogens is 3. The number of para-hydroxylation sites is 1. The Hall–Kier alpha value is -3.38. The van der Waals surface area contributed by atoms with Crippen LogP contribution in [-0.4, -0.2) is 23.5 Å². The number of hydrogen-bond donors (Lipinski definition) is 1. The van der Waals surface area contributed by atoms with Gasteiger partial charge in [0.2, 0.25) is 0 Å². The number of nitrogens with one attached hydrogen (secondary N) is 1. The van der Waals surface area contributed by atoms with Crippen molar-refractivity contribution in [3.8, 4) is 0 Å². The molecule has 1 aliphatic rings. The Balaban J connectivity index is 1.42. The Bertz CT molecular complexity index is 1530. The van der Waals surface area contributed by atoms with Gasteiger partial charge < -0.3 is 10.1 Å². The van der Waals surface area contributed by atoms with Gasteiger partial charge in [-0.2, -0.15) is 0 Å². The largest absolute Gasteiger partial charge is 0.452 e. The highest BCUT2D eigenvalue weighted by Crippen LogP contribution is 2.38. The van der Waals surface area contributed by atoms with Crippen molar-refractivity contribution < 1.29 is 14.3 Å². The molecule has 0 fully saturated rings. The number of anilines is 1. The second-order valence-electron chi connectivity index (χ2n) is 8.30. The quantitative estimate of drug-likeness (QED) is 0.268. The Morgan fingerprint density at radius 3 is 2.47 bits per heavy atom. The van der Waals surface area contributed by atoms with E-state index in [0.717, 1.165) is 28.8 Å². The van der Waals surface area contributed by atoms with Gasteiger partial charge in [-0.1, -0.05) is 65.1 Å². The van der Waals surface area contributed by atoms with Crippen molar-refractivity contribution in [3.05, 3.63) is 104 Å². The van der Waals surface area contributed by atoms with Crippen LogP contribution in [0.4, 0.5) is 5.69 Å². The lowest BCUT2D eigenvalue weighted by Crippen LogP contribution is -2.22. The van der Waals surface area contributed by atoms with Crippen LogP contribution in [0.2, 0.25) is 15.1 Å². The molecule has 0 bridgehead atoms. The number of amides is 1. The van der Waals surface area contributed by atoms with Gasteiger partial charge in [0.15, 0.2) is 6.61 Å². The van der Waals surface area contributed by atoms with Crippen LogP contribution in [0.5, 0.6) is 0 Å². The van der Waals surface area contributed by atoms with Gasteiger partial charge in [-0.3, -0.25) is 4.79 Å². The third kappa shape index (κ3) is 5.09. The minimum Gasteiger partial charge on any atom is -0.452 e. The molecule has 1 aliphatic carbocycles. The summed E-state index contributed by atoms with van der Waals surface area (Å²) in [4.78, 5) is 30.6. The van der Waals surface area contributed by atoms with E-state index in [2.05, 4.69) is 11.4 Å². The first kappa shape index (κ1) is 24.3. The molecule has 5 rings (SSSR count). The molecule has 180 valence electrons. The van der Waals surface area contributed by atoms with Crippen LogP contribution in [0, 0.1) is 0 Å².